The number of likely N-dealkylation sites (tertiary alicyclic amines) is 1. The molecule has 78 valence electrons. The molecule has 1 aliphatic rings. The fourth-order valence-corrected chi connectivity index (χ4v) is 1.89. The standard InChI is InChI=1S/C10H22N2O/c1-9-3-5-12(8-9)6-4-10(7-11)13-2/h9-10H,3-8,11H2,1-2H3. The summed E-state index contributed by atoms with van der Waals surface area (Å²) in [5.74, 6) is 0.874. The van der Waals surface area contributed by atoms with Crippen molar-refractivity contribution in [2.45, 2.75) is 25.9 Å². The van der Waals surface area contributed by atoms with Gasteiger partial charge < -0.3 is 15.4 Å². The average molecular weight is 186 g/mol. The lowest BCUT2D eigenvalue weighted by molar-refractivity contribution is 0.0921. The fraction of sp³-hybridized carbons (Fsp3) is 1.00. The lowest BCUT2D eigenvalue weighted by atomic mass is 10.2. The number of hydrogen-bond donors (Lipinski definition) is 1. The fourth-order valence-electron chi connectivity index (χ4n) is 1.89. The maximum Gasteiger partial charge on any atom is 0.0705 e. The van der Waals surface area contributed by atoms with Crippen LogP contribution in [0.3, 0.4) is 0 Å². The van der Waals surface area contributed by atoms with Crippen LogP contribution in [0.5, 0.6) is 0 Å². The van der Waals surface area contributed by atoms with Crippen LogP contribution in [0.1, 0.15) is 19.8 Å². The first-order chi connectivity index (χ1) is 6.26. The molecule has 1 aliphatic heterocycles. The van der Waals surface area contributed by atoms with Crippen LogP contribution >= 0.6 is 0 Å². The number of nitrogens with zero attached hydrogens (tertiary/aromatic N) is 1. The molecule has 0 aliphatic carbocycles. The number of ether oxygens (including phenoxy) is 1. The Kier molecular flexibility index (Phi) is 4.70. The zero-order valence-corrected chi connectivity index (χ0v) is 8.83. The smallest absolute Gasteiger partial charge is 0.0705 e. The van der Waals surface area contributed by atoms with Crippen LogP contribution in [-0.2, 0) is 4.74 Å². The quantitative estimate of drug-likeness (QED) is 0.686. The first kappa shape index (κ1) is 11.0. The molecule has 1 fully saturated rings. The highest BCUT2D eigenvalue weighted by atomic mass is 16.5. The predicted molar refractivity (Wildman–Crippen MR) is 54.7 cm³/mol. The molecule has 0 aromatic carbocycles. The van der Waals surface area contributed by atoms with Gasteiger partial charge in [-0.25, -0.2) is 0 Å². The molecular formula is C10H22N2O. The molecule has 1 heterocycles. The summed E-state index contributed by atoms with van der Waals surface area (Å²) < 4.78 is 5.23. The van der Waals surface area contributed by atoms with Gasteiger partial charge in [0.25, 0.3) is 0 Å². The third-order valence-electron chi connectivity index (χ3n) is 2.87. The Morgan fingerprint density at radius 2 is 2.38 bits per heavy atom. The zero-order chi connectivity index (χ0) is 9.68. The Balaban J connectivity index is 2.11. The minimum atomic E-state index is 0.246. The summed E-state index contributed by atoms with van der Waals surface area (Å²) in [4.78, 5) is 2.51. The van der Waals surface area contributed by atoms with Gasteiger partial charge in [0.2, 0.25) is 0 Å². The minimum Gasteiger partial charge on any atom is -0.380 e. The zero-order valence-electron chi connectivity index (χ0n) is 8.83. The molecule has 0 aromatic rings. The van der Waals surface area contributed by atoms with E-state index in [1.54, 1.807) is 7.11 Å². The second-order valence-electron chi connectivity index (χ2n) is 4.08. The van der Waals surface area contributed by atoms with Crippen LogP contribution < -0.4 is 5.73 Å². The van der Waals surface area contributed by atoms with Crippen LogP contribution in [0.15, 0.2) is 0 Å². The van der Waals surface area contributed by atoms with Gasteiger partial charge in [0.15, 0.2) is 0 Å². The van der Waals surface area contributed by atoms with E-state index < -0.39 is 0 Å². The molecule has 2 atom stereocenters. The van der Waals surface area contributed by atoms with E-state index in [9.17, 15) is 0 Å². The Morgan fingerprint density at radius 3 is 2.85 bits per heavy atom. The summed E-state index contributed by atoms with van der Waals surface area (Å²) in [7, 11) is 1.74. The average Bonchev–Trinajstić information content (AvgIpc) is 2.53. The predicted octanol–water partition coefficient (Wildman–Crippen LogP) is 0.692. The topological polar surface area (TPSA) is 38.5 Å². The van der Waals surface area contributed by atoms with Crippen molar-refractivity contribution in [3.63, 3.8) is 0 Å². The van der Waals surface area contributed by atoms with Gasteiger partial charge in [0.1, 0.15) is 0 Å². The van der Waals surface area contributed by atoms with Gasteiger partial charge in [-0.1, -0.05) is 6.92 Å². The second kappa shape index (κ2) is 5.58. The van der Waals surface area contributed by atoms with E-state index in [1.807, 2.05) is 0 Å². The van der Waals surface area contributed by atoms with Crippen LogP contribution in [0.4, 0.5) is 0 Å². The van der Waals surface area contributed by atoms with Crippen molar-refractivity contribution in [3.8, 4) is 0 Å². The van der Waals surface area contributed by atoms with Crippen molar-refractivity contribution in [1.82, 2.24) is 4.90 Å². The van der Waals surface area contributed by atoms with E-state index in [1.165, 1.54) is 19.5 Å². The monoisotopic (exact) mass is 186 g/mol. The van der Waals surface area contributed by atoms with E-state index in [2.05, 4.69) is 11.8 Å². The lowest BCUT2D eigenvalue weighted by Crippen LogP contribution is -2.29. The van der Waals surface area contributed by atoms with E-state index in [0.717, 1.165) is 18.9 Å². The number of nitrogens with two attached hydrogens (primary N) is 1. The molecule has 0 saturated carbocycles. The maximum absolute atomic E-state index is 5.55. The largest absolute Gasteiger partial charge is 0.380 e. The first-order valence-corrected chi connectivity index (χ1v) is 5.21. The molecule has 0 bridgehead atoms. The molecule has 0 amide bonds. The van der Waals surface area contributed by atoms with Gasteiger partial charge in [-0.15, -0.1) is 0 Å². The summed E-state index contributed by atoms with van der Waals surface area (Å²) in [6.45, 7) is 6.60. The number of rotatable bonds is 5. The summed E-state index contributed by atoms with van der Waals surface area (Å²) in [5.41, 5.74) is 5.55. The molecule has 0 aromatic heterocycles. The van der Waals surface area contributed by atoms with Crippen molar-refractivity contribution in [2.75, 3.05) is 33.3 Å². The summed E-state index contributed by atoms with van der Waals surface area (Å²) >= 11 is 0. The van der Waals surface area contributed by atoms with Gasteiger partial charge >= 0.3 is 0 Å². The highest BCUT2D eigenvalue weighted by molar-refractivity contribution is 4.73. The molecular weight excluding hydrogens is 164 g/mol. The molecule has 2 N–H and O–H groups in total. The van der Waals surface area contributed by atoms with E-state index in [0.29, 0.717) is 6.54 Å². The molecule has 3 nitrogen and oxygen atoms in total. The number of methoxy groups -OCH3 is 1. The second-order valence-corrected chi connectivity index (χ2v) is 4.08. The van der Waals surface area contributed by atoms with E-state index >= 15 is 0 Å². The molecule has 2 unspecified atom stereocenters. The van der Waals surface area contributed by atoms with Gasteiger partial charge in [0, 0.05) is 26.7 Å². The third-order valence-corrected chi connectivity index (χ3v) is 2.87. The van der Waals surface area contributed by atoms with Crippen molar-refractivity contribution < 1.29 is 4.74 Å². The van der Waals surface area contributed by atoms with Crippen LogP contribution in [-0.4, -0.2) is 44.3 Å². The van der Waals surface area contributed by atoms with Crippen molar-refractivity contribution in [2.24, 2.45) is 11.7 Å². The molecule has 1 saturated heterocycles. The minimum absolute atomic E-state index is 0.246. The van der Waals surface area contributed by atoms with Crippen molar-refractivity contribution >= 4 is 0 Å². The molecule has 1 rings (SSSR count). The van der Waals surface area contributed by atoms with Gasteiger partial charge in [-0.3, -0.25) is 0 Å². The molecule has 3 heteroatoms. The molecule has 13 heavy (non-hydrogen) atoms. The van der Waals surface area contributed by atoms with Crippen LogP contribution in [0.2, 0.25) is 0 Å². The Labute approximate surface area is 81.2 Å². The Morgan fingerprint density at radius 1 is 1.62 bits per heavy atom. The number of hydrogen-bond acceptors (Lipinski definition) is 3. The molecule has 0 radical (unpaired) electrons. The lowest BCUT2D eigenvalue weighted by Gasteiger charge is -2.19. The van der Waals surface area contributed by atoms with Crippen molar-refractivity contribution in [3.05, 3.63) is 0 Å². The highest BCUT2D eigenvalue weighted by Crippen LogP contribution is 2.15. The maximum atomic E-state index is 5.55. The SMILES string of the molecule is COC(CN)CCN1CCC(C)C1. The van der Waals surface area contributed by atoms with Gasteiger partial charge in [-0.2, -0.15) is 0 Å². The van der Waals surface area contributed by atoms with Crippen LogP contribution in [0.25, 0.3) is 0 Å². The van der Waals surface area contributed by atoms with E-state index in [4.69, 9.17) is 10.5 Å². The first-order valence-electron chi connectivity index (χ1n) is 5.21. The summed E-state index contributed by atoms with van der Waals surface area (Å²) in [5, 5.41) is 0. The normalized spacial score (nSPS) is 26.5. The Bertz CT molecular complexity index is 137. The molecule has 0 spiro atoms. The van der Waals surface area contributed by atoms with Crippen molar-refractivity contribution in [1.29, 1.82) is 0 Å². The van der Waals surface area contributed by atoms with Gasteiger partial charge in [-0.05, 0) is 25.3 Å². The summed E-state index contributed by atoms with van der Waals surface area (Å²) in [6, 6.07) is 0. The third kappa shape index (κ3) is 3.63. The van der Waals surface area contributed by atoms with E-state index in [-0.39, 0.29) is 6.10 Å². The summed E-state index contributed by atoms with van der Waals surface area (Å²) in [6.07, 6.45) is 2.66. The van der Waals surface area contributed by atoms with Gasteiger partial charge in [0.05, 0.1) is 6.10 Å². The highest BCUT2D eigenvalue weighted by Gasteiger charge is 2.18. The van der Waals surface area contributed by atoms with Crippen LogP contribution in [0, 0.1) is 5.92 Å². The Hall–Kier alpha value is -0.120.